The largest absolute Gasteiger partial charge is 0.494 e. The molecule has 0 aliphatic carbocycles. The highest BCUT2D eigenvalue weighted by molar-refractivity contribution is 6.03. The van der Waals surface area contributed by atoms with Gasteiger partial charge < -0.3 is 20.9 Å². The number of hydrogen-bond acceptors (Lipinski definition) is 6. The van der Waals surface area contributed by atoms with Crippen LogP contribution in [0.2, 0.25) is 0 Å². The van der Waals surface area contributed by atoms with Crippen molar-refractivity contribution in [3.63, 3.8) is 0 Å². The summed E-state index contributed by atoms with van der Waals surface area (Å²) in [5, 5.41) is 8.35. The maximum atomic E-state index is 11.2. The number of hydrazone groups is 2. The van der Waals surface area contributed by atoms with E-state index in [2.05, 4.69) is 21.1 Å². The molecular formula is C25H34N6O4. The van der Waals surface area contributed by atoms with Gasteiger partial charge in [-0.3, -0.25) is 0 Å². The molecule has 0 atom stereocenters. The fraction of sp³-hybridized carbons (Fsp3) is 0.360. The lowest BCUT2D eigenvalue weighted by Crippen LogP contribution is -2.26. The van der Waals surface area contributed by atoms with Crippen molar-refractivity contribution in [2.75, 3.05) is 13.2 Å². The van der Waals surface area contributed by atoms with Gasteiger partial charge in [0.2, 0.25) is 0 Å². The van der Waals surface area contributed by atoms with E-state index in [9.17, 15) is 9.59 Å². The summed E-state index contributed by atoms with van der Waals surface area (Å²) in [4.78, 5) is 22.4. The average Bonchev–Trinajstić information content (AvgIpc) is 2.86. The average molecular weight is 483 g/mol. The van der Waals surface area contributed by atoms with Crippen LogP contribution in [0, 0.1) is 0 Å². The number of carbonyl (C=O) groups is 2. The zero-order valence-corrected chi connectivity index (χ0v) is 20.3. The fourth-order valence-corrected chi connectivity index (χ4v) is 3.12. The lowest BCUT2D eigenvalue weighted by atomic mass is 10.0. The molecule has 188 valence electrons. The van der Waals surface area contributed by atoms with Gasteiger partial charge in [0.25, 0.3) is 0 Å². The van der Waals surface area contributed by atoms with E-state index >= 15 is 0 Å². The van der Waals surface area contributed by atoms with E-state index in [0.29, 0.717) is 43.9 Å². The van der Waals surface area contributed by atoms with E-state index in [1.165, 1.54) is 0 Å². The van der Waals surface area contributed by atoms with Crippen molar-refractivity contribution in [3.05, 3.63) is 59.7 Å². The van der Waals surface area contributed by atoms with Gasteiger partial charge in [0.05, 0.1) is 24.6 Å². The minimum absolute atomic E-state index is 0.517. The van der Waals surface area contributed by atoms with Crippen molar-refractivity contribution in [1.29, 1.82) is 0 Å². The Kier molecular flexibility index (Phi) is 11.6. The Balaban J connectivity index is 2.13. The van der Waals surface area contributed by atoms with Crippen LogP contribution in [-0.2, 0) is 0 Å². The molecule has 0 unspecified atom stereocenters. The number of urea groups is 2. The van der Waals surface area contributed by atoms with Crippen molar-refractivity contribution in [2.45, 2.75) is 46.0 Å². The first kappa shape index (κ1) is 27.2. The molecule has 2 aromatic rings. The molecule has 35 heavy (non-hydrogen) atoms. The number of rotatable bonds is 14. The van der Waals surface area contributed by atoms with Gasteiger partial charge in [-0.1, -0.05) is 13.8 Å². The predicted molar refractivity (Wildman–Crippen MR) is 137 cm³/mol. The second-order valence-electron chi connectivity index (χ2n) is 7.67. The minimum atomic E-state index is -0.747. The third kappa shape index (κ3) is 10.2. The molecule has 0 fully saturated rings. The van der Waals surface area contributed by atoms with Crippen LogP contribution in [0.25, 0.3) is 0 Å². The Morgan fingerprint density at radius 2 is 1.09 bits per heavy atom. The smallest absolute Gasteiger partial charge is 0.332 e. The molecule has 4 amide bonds. The SMILES string of the molecule is CCCOc1ccc(/C(CCC/C(=N/NC(N)=O)c2ccc(OCCC)cc2)=N\NC(N)=O)cc1. The third-order valence-corrected chi connectivity index (χ3v) is 4.75. The van der Waals surface area contributed by atoms with Crippen LogP contribution in [0.1, 0.15) is 57.1 Å². The van der Waals surface area contributed by atoms with Crippen LogP contribution in [0.15, 0.2) is 58.7 Å². The van der Waals surface area contributed by atoms with Gasteiger partial charge in [0, 0.05) is 0 Å². The molecule has 10 heteroatoms. The summed E-state index contributed by atoms with van der Waals surface area (Å²) in [5.41, 5.74) is 18.0. The zero-order valence-electron chi connectivity index (χ0n) is 20.3. The molecule has 6 N–H and O–H groups in total. The maximum Gasteiger partial charge on any atom is 0.332 e. The van der Waals surface area contributed by atoms with E-state index in [0.717, 1.165) is 35.5 Å². The summed E-state index contributed by atoms with van der Waals surface area (Å²) in [7, 11) is 0. The van der Waals surface area contributed by atoms with Crippen LogP contribution in [0.3, 0.4) is 0 Å². The van der Waals surface area contributed by atoms with Crippen molar-refractivity contribution in [1.82, 2.24) is 10.9 Å². The Morgan fingerprint density at radius 1 is 0.714 bits per heavy atom. The van der Waals surface area contributed by atoms with Crippen molar-refractivity contribution < 1.29 is 19.1 Å². The maximum absolute atomic E-state index is 11.2. The van der Waals surface area contributed by atoms with Gasteiger partial charge in [-0.2, -0.15) is 10.2 Å². The summed E-state index contributed by atoms with van der Waals surface area (Å²) in [6.07, 6.45) is 3.49. The number of primary amides is 2. The number of amides is 4. The topological polar surface area (TPSA) is 153 Å². The quantitative estimate of drug-likeness (QED) is 0.238. The van der Waals surface area contributed by atoms with E-state index in [1.54, 1.807) is 0 Å². The molecule has 10 nitrogen and oxygen atoms in total. The summed E-state index contributed by atoms with van der Waals surface area (Å²) in [6, 6.07) is 13.5. The second kappa shape index (κ2) is 14.9. The van der Waals surface area contributed by atoms with Crippen molar-refractivity contribution >= 4 is 23.5 Å². The lowest BCUT2D eigenvalue weighted by Gasteiger charge is -2.11. The second-order valence-corrected chi connectivity index (χ2v) is 7.67. The van der Waals surface area contributed by atoms with Gasteiger partial charge in [-0.25, -0.2) is 20.4 Å². The normalized spacial score (nSPS) is 11.6. The van der Waals surface area contributed by atoms with E-state index < -0.39 is 12.1 Å². The van der Waals surface area contributed by atoms with Crippen molar-refractivity contribution in [2.24, 2.45) is 21.7 Å². The van der Waals surface area contributed by atoms with E-state index in [4.69, 9.17) is 20.9 Å². The van der Waals surface area contributed by atoms with Crippen LogP contribution >= 0.6 is 0 Å². The number of nitrogens with two attached hydrogens (primary N) is 2. The monoisotopic (exact) mass is 482 g/mol. The van der Waals surface area contributed by atoms with Crippen LogP contribution in [0.5, 0.6) is 11.5 Å². The van der Waals surface area contributed by atoms with Gasteiger partial charge in [0.1, 0.15) is 11.5 Å². The number of hydrogen-bond donors (Lipinski definition) is 4. The molecule has 0 spiro atoms. The zero-order chi connectivity index (χ0) is 25.5. The van der Waals surface area contributed by atoms with Gasteiger partial charge in [-0.15, -0.1) is 0 Å². The van der Waals surface area contributed by atoms with Gasteiger partial charge >= 0.3 is 12.1 Å². The highest BCUT2D eigenvalue weighted by atomic mass is 16.5. The molecule has 0 saturated heterocycles. The molecule has 0 aliphatic heterocycles. The number of benzene rings is 2. The molecule has 0 aliphatic rings. The fourth-order valence-electron chi connectivity index (χ4n) is 3.12. The van der Waals surface area contributed by atoms with Gasteiger partial charge in [-0.05, 0) is 91.8 Å². The first-order valence-corrected chi connectivity index (χ1v) is 11.6. The minimum Gasteiger partial charge on any atom is -0.494 e. The Labute approximate surface area is 205 Å². The number of carbonyl (C=O) groups excluding carboxylic acids is 2. The highest BCUT2D eigenvalue weighted by Crippen LogP contribution is 2.18. The Hall–Kier alpha value is -4.08. The molecule has 0 saturated carbocycles. The Morgan fingerprint density at radius 3 is 1.40 bits per heavy atom. The Bertz CT molecular complexity index is 922. The summed E-state index contributed by atoms with van der Waals surface area (Å²) >= 11 is 0. The molecule has 2 rings (SSSR count). The molecule has 2 aromatic carbocycles. The summed E-state index contributed by atoms with van der Waals surface area (Å²) < 4.78 is 11.3. The molecule has 0 radical (unpaired) electrons. The van der Waals surface area contributed by atoms with Crippen LogP contribution in [0.4, 0.5) is 9.59 Å². The number of nitrogens with zero attached hydrogens (tertiary/aromatic N) is 2. The molecule has 0 heterocycles. The van der Waals surface area contributed by atoms with E-state index in [-0.39, 0.29) is 0 Å². The number of ether oxygens (including phenoxy) is 2. The standard InChI is InChI=1S/C25H34N6O4/c1-3-16-34-20-12-8-18(9-13-20)22(28-30-24(26)32)6-5-7-23(29-31-25(27)33)19-10-14-21(15-11-19)35-17-4-2/h8-15H,3-7,16-17H2,1-2H3,(H3,26,30,32)(H3,27,31,33)/b28-22-,29-23-. The summed E-state index contributed by atoms with van der Waals surface area (Å²) in [6.45, 7) is 5.35. The molecule has 0 bridgehead atoms. The van der Waals surface area contributed by atoms with Crippen LogP contribution in [-0.4, -0.2) is 36.7 Å². The lowest BCUT2D eigenvalue weighted by molar-refractivity contribution is 0.248. The molecule has 0 aromatic heterocycles. The molecular weight excluding hydrogens is 448 g/mol. The number of nitrogens with one attached hydrogen (secondary N) is 2. The van der Waals surface area contributed by atoms with Crippen molar-refractivity contribution in [3.8, 4) is 11.5 Å². The highest BCUT2D eigenvalue weighted by Gasteiger charge is 2.10. The summed E-state index contributed by atoms with van der Waals surface area (Å²) in [5.74, 6) is 1.52. The predicted octanol–water partition coefficient (Wildman–Crippen LogP) is 3.88. The van der Waals surface area contributed by atoms with Gasteiger partial charge in [0.15, 0.2) is 0 Å². The van der Waals surface area contributed by atoms with Crippen LogP contribution < -0.4 is 31.8 Å². The first-order valence-electron chi connectivity index (χ1n) is 11.6. The first-order chi connectivity index (χ1) is 16.9. The third-order valence-electron chi connectivity index (χ3n) is 4.75. The van der Waals surface area contributed by atoms with E-state index in [1.807, 2.05) is 62.4 Å².